The van der Waals surface area contributed by atoms with Gasteiger partial charge in [0.2, 0.25) is 0 Å². The third kappa shape index (κ3) is 1.31. The van der Waals surface area contributed by atoms with Crippen LogP contribution in [0.3, 0.4) is 0 Å². The number of aliphatic carboxylic acids is 1. The molecule has 1 unspecified atom stereocenters. The maximum atomic E-state index is 11.0. The third-order valence-electron chi connectivity index (χ3n) is 2.69. The van der Waals surface area contributed by atoms with Crippen molar-refractivity contribution in [1.82, 2.24) is 0 Å². The molecule has 2 rings (SSSR count). The van der Waals surface area contributed by atoms with E-state index in [-0.39, 0.29) is 12.1 Å². The van der Waals surface area contributed by atoms with Crippen LogP contribution >= 0.6 is 0 Å². The highest BCUT2D eigenvalue weighted by Crippen LogP contribution is 2.33. The van der Waals surface area contributed by atoms with Crippen molar-refractivity contribution in [1.29, 1.82) is 0 Å². The van der Waals surface area contributed by atoms with Gasteiger partial charge in [-0.3, -0.25) is 0 Å². The number of nitrogens with one attached hydrogen (secondary N) is 1. The monoisotopic (exact) mass is 222 g/mol. The van der Waals surface area contributed by atoms with Crippen LogP contribution < -0.4 is 11.1 Å². The van der Waals surface area contributed by atoms with Crippen molar-refractivity contribution in [2.45, 2.75) is 5.54 Å². The first-order valence-electron chi connectivity index (χ1n) is 4.59. The van der Waals surface area contributed by atoms with Crippen molar-refractivity contribution in [2.75, 3.05) is 11.9 Å². The predicted octanol–water partition coefficient (Wildman–Crippen LogP) is 0.0489. The fourth-order valence-electron chi connectivity index (χ4n) is 1.73. The lowest BCUT2D eigenvalue weighted by Gasteiger charge is -2.17. The molecule has 0 radical (unpaired) electrons. The van der Waals surface area contributed by atoms with Gasteiger partial charge in [0, 0.05) is 17.8 Å². The van der Waals surface area contributed by atoms with E-state index in [9.17, 15) is 9.59 Å². The molecule has 1 aromatic rings. The lowest BCUT2D eigenvalue weighted by atomic mass is 9.93. The molecular weight excluding hydrogens is 212 g/mol. The van der Waals surface area contributed by atoms with Crippen LogP contribution in [0.25, 0.3) is 0 Å². The summed E-state index contributed by atoms with van der Waals surface area (Å²) >= 11 is 0. The molecule has 0 bridgehead atoms. The molecule has 1 aromatic carbocycles. The number of carboxylic acid groups (broad SMARTS) is 2. The first-order chi connectivity index (χ1) is 7.45. The van der Waals surface area contributed by atoms with Crippen LogP contribution in [0.5, 0.6) is 0 Å². The number of rotatable bonds is 2. The number of anilines is 1. The molecular formula is C10H10N2O4. The predicted molar refractivity (Wildman–Crippen MR) is 55.4 cm³/mol. The van der Waals surface area contributed by atoms with Crippen molar-refractivity contribution in [3.8, 4) is 0 Å². The molecule has 1 heterocycles. The van der Waals surface area contributed by atoms with E-state index in [1.165, 1.54) is 18.2 Å². The molecule has 0 amide bonds. The summed E-state index contributed by atoms with van der Waals surface area (Å²) in [5.41, 5.74) is 5.22. The summed E-state index contributed by atoms with van der Waals surface area (Å²) in [6, 6.07) is 4.17. The number of aromatic carboxylic acids is 1. The van der Waals surface area contributed by atoms with Crippen molar-refractivity contribution < 1.29 is 19.8 Å². The molecule has 1 aliphatic heterocycles. The van der Waals surface area contributed by atoms with Gasteiger partial charge in [-0.15, -0.1) is 0 Å². The molecule has 5 N–H and O–H groups in total. The number of hydrogen-bond acceptors (Lipinski definition) is 4. The highest BCUT2D eigenvalue weighted by Gasteiger charge is 2.42. The van der Waals surface area contributed by atoms with Crippen LogP contribution in [0.2, 0.25) is 0 Å². The van der Waals surface area contributed by atoms with Gasteiger partial charge in [-0.2, -0.15) is 0 Å². The van der Waals surface area contributed by atoms with Crippen molar-refractivity contribution in [3.05, 3.63) is 29.3 Å². The van der Waals surface area contributed by atoms with Gasteiger partial charge in [-0.05, 0) is 12.1 Å². The van der Waals surface area contributed by atoms with Gasteiger partial charge in [0.05, 0.1) is 5.56 Å². The van der Waals surface area contributed by atoms with Crippen LogP contribution in [0, 0.1) is 0 Å². The Morgan fingerprint density at radius 3 is 2.62 bits per heavy atom. The van der Waals surface area contributed by atoms with Crippen molar-refractivity contribution in [3.63, 3.8) is 0 Å². The molecule has 0 spiro atoms. The lowest BCUT2D eigenvalue weighted by molar-refractivity contribution is -0.142. The number of carboxylic acids is 2. The minimum absolute atomic E-state index is 0.0563. The van der Waals surface area contributed by atoms with Crippen molar-refractivity contribution >= 4 is 17.6 Å². The Labute approximate surface area is 90.7 Å². The Bertz CT molecular complexity index is 486. The van der Waals surface area contributed by atoms with E-state index in [1.807, 2.05) is 0 Å². The zero-order chi connectivity index (χ0) is 11.9. The molecule has 1 atom stereocenters. The van der Waals surface area contributed by atoms with E-state index >= 15 is 0 Å². The maximum absolute atomic E-state index is 11.0. The SMILES string of the molecule is NC1(C(=O)O)CNc2cc(C(=O)O)ccc21. The van der Waals surface area contributed by atoms with Gasteiger partial charge in [0.1, 0.15) is 0 Å². The second-order valence-corrected chi connectivity index (χ2v) is 3.70. The Morgan fingerprint density at radius 1 is 1.38 bits per heavy atom. The van der Waals surface area contributed by atoms with E-state index in [2.05, 4.69) is 5.32 Å². The average molecular weight is 222 g/mol. The van der Waals surface area contributed by atoms with Crippen LogP contribution in [0.4, 0.5) is 5.69 Å². The van der Waals surface area contributed by atoms with Crippen LogP contribution in [-0.2, 0) is 10.3 Å². The smallest absolute Gasteiger partial charge is 0.335 e. The molecule has 0 fully saturated rings. The molecule has 0 aromatic heterocycles. The van der Waals surface area contributed by atoms with E-state index in [0.29, 0.717) is 11.3 Å². The Morgan fingerprint density at radius 2 is 2.06 bits per heavy atom. The van der Waals surface area contributed by atoms with Gasteiger partial charge in [0.25, 0.3) is 0 Å². The van der Waals surface area contributed by atoms with E-state index in [0.717, 1.165) is 0 Å². The minimum atomic E-state index is -1.48. The first-order valence-corrected chi connectivity index (χ1v) is 4.59. The van der Waals surface area contributed by atoms with Crippen molar-refractivity contribution in [2.24, 2.45) is 5.73 Å². The Balaban J connectivity index is 2.51. The molecule has 0 saturated heterocycles. The number of nitrogens with two attached hydrogens (primary N) is 1. The van der Waals surface area contributed by atoms with E-state index in [1.54, 1.807) is 0 Å². The summed E-state index contributed by atoms with van der Waals surface area (Å²) in [5, 5.41) is 20.6. The van der Waals surface area contributed by atoms with Crippen LogP contribution in [0.1, 0.15) is 15.9 Å². The van der Waals surface area contributed by atoms with Gasteiger partial charge in [-0.1, -0.05) is 6.07 Å². The standard InChI is InChI=1S/C10H10N2O4/c11-10(9(15)16)4-12-7-3-5(8(13)14)1-2-6(7)10/h1-3,12H,4,11H2,(H,13,14)(H,15,16). The average Bonchev–Trinajstić information content (AvgIpc) is 2.57. The fraction of sp³-hybridized carbons (Fsp3) is 0.200. The number of carbonyl (C=O) groups is 2. The lowest BCUT2D eigenvalue weighted by Crippen LogP contribution is -2.46. The first kappa shape index (κ1) is 10.4. The molecule has 16 heavy (non-hydrogen) atoms. The summed E-state index contributed by atoms with van der Waals surface area (Å²) in [7, 11) is 0. The second kappa shape index (κ2) is 3.21. The number of hydrogen-bond donors (Lipinski definition) is 4. The van der Waals surface area contributed by atoms with Gasteiger partial charge < -0.3 is 21.3 Å². The summed E-state index contributed by atoms with van der Waals surface area (Å²) in [5.74, 6) is -2.20. The number of benzene rings is 1. The zero-order valence-corrected chi connectivity index (χ0v) is 8.23. The third-order valence-corrected chi connectivity index (χ3v) is 2.69. The maximum Gasteiger partial charge on any atom is 0.335 e. The molecule has 84 valence electrons. The molecule has 0 saturated carbocycles. The molecule has 0 aliphatic carbocycles. The highest BCUT2D eigenvalue weighted by atomic mass is 16.4. The Hall–Kier alpha value is -2.08. The van der Waals surface area contributed by atoms with Gasteiger partial charge >= 0.3 is 11.9 Å². The summed E-state index contributed by atoms with van der Waals surface area (Å²) in [6.07, 6.45) is 0. The van der Waals surface area contributed by atoms with Crippen LogP contribution in [-0.4, -0.2) is 28.7 Å². The summed E-state index contributed by atoms with van der Waals surface area (Å²) < 4.78 is 0. The molecule has 1 aliphatic rings. The van der Waals surface area contributed by atoms with Gasteiger partial charge in [-0.25, -0.2) is 9.59 Å². The van der Waals surface area contributed by atoms with Crippen LogP contribution in [0.15, 0.2) is 18.2 Å². The largest absolute Gasteiger partial charge is 0.480 e. The normalized spacial score (nSPS) is 22.3. The Kier molecular flexibility index (Phi) is 2.09. The quantitative estimate of drug-likeness (QED) is 0.562. The second-order valence-electron chi connectivity index (χ2n) is 3.70. The fourth-order valence-corrected chi connectivity index (χ4v) is 1.73. The summed E-state index contributed by atoms with van der Waals surface area (Å²) in [4.78, 5) is 21.7. The number of fused-ring (bicyclic) bond motifs is 1. The minimum Gasteiger partial charge on any atom is -0.480 e. The zero-order valence-electron chi connectivity index (χ0n) is 8.23. The molecule has 6 nitrogen and oxygen atoms in total. The van der Waals surface area contributed by atoms with Gasteiger partial charge in [0.15, 0.2) is 5.54 Å². The summed E-state index contributed by atoms with van der Waals surface area (Å²) in [6.45, 7) is 0.0563. The van der Waals surface area contributed by atoms with E-state index < -0.39 is 17.5 Å². The van der Waals surface area contributed by atoms with E-state index in [4.69, 9.17) is 15.9 Å². The highest BCUT2D eigenvalue weighted by molar-refractivity contribution is 5.92. The molecule has 6 heteroatoms. The topological polar surface area (TPSA) is 113 Å².